The average Bonchev–Trinajstić information content (AvgIpc) is 2.92. The van der Waals surface area contributed by atoms with E-state index < -0.39 is 40.3 Å². The third kappa shape index (κ3) is 7.87. The van der Waals surface area contributed by atoms with Crippen LogP contribution in [0.1, 0.15) is 38.8 Å². The molecule has 44 heavy (non-hydrogen) atoms. The molecule has 3 aromatic rings. The monoisotopic (exact) mass is 735 g/mol. The normalized spacial score (nSPS) is 15.2. The number of pyridine rings is 2. The number of phenols is 1. The number of phenolic OH excluding ortho intramolecular Hbond substituents is 1. The number of aromatic hydroxyl groups is 1. The van der Waals surface area contributed by atoms with Crippen molar-refractivity contribution in [2.75, 3.05) is 31.6 Å². The number of halogens is 2. The smallest absolute Gasteiger partial charge is 0.410 e. The van der Waals surface area contributed by atoms with E-state index in [2.05, 4.69) is 21.2 Å². The Balaban J connectivity index is 0.00000337. The van der Waals surface area contributed by atoms with Crippen LogP contribution >= 0.6 is 0 Å². The molecule has 1 unspecified atom stereocenters. The van der Waals surface area contributed by atoms with Gasteiger partial charge in [-0.05, 0) is 51.6 Å². The zero-order valence-electron chi connectivity index (χ0n) is 25.9. The summed E-state index contributed by atoms with van der Waals surface area (Å²) in [6.45, 7) is 9.92. The second kappa shape index (κ2) is 15.2. The van der Waals surface area contributed by atoms with Crippen molar-refractivity contribution in [3.05, 3.63) is 72.9 Å². The Morgan fingerprint density at radius 1 is 1.23 bits per heavy atom. The maximum absolute atomic E-state index is 15.8. The second-order valence-corrected chi connectivity index (χ2v) is 10.9. The van der Waals surface area contributed by atoms with Crippen molar-refractivity contribution in [2.24, 2.45) is 4.99 Å². The summed E-state index contributed by atoms with van der Waals surface area (Å²) in [5, 5.41) is 10.4. The molecule has 10 nitrogen and oxygen atoms in total. The van der Waals surface area contributed by atoms with Gasteiger partial charge < -0.3 is 32.1 Å². The summed E-state index contributed by atoms with van der Waals surface area (Å²) < 4.78 is 36.2. The molecule has 2 aromatic heterocycles. The SMILES string of the molecule is CN=C(c1cc(F)c(-c2c(O)cccc2F)nc1N(C=O)c1[c-]nccc1C)N1CCN(C(=O)OC(C)(C)C)CC1C.[CH3-].[Pr]. The molecule has 13 heteroatoms. The maximum atomic E-state index is 15.8. The number of aromatic nitrogens is 2. The van der Waals surface area contributed by atoms with E-state index in [9.17, 15) is 19.1 Å². The standard InChI is InChI=1S/C30H33F2N6O4.CH3.Pr/c1-18-10-11-34-15-23(18)38(17-39)28-20(14-22(32)26(35-28)25-21(31)8-7-9-24(25)40)27(33-6)37-13-12-36(16-19(37)2)29(41)42-30(3,4)5;;/h7-11,14,17,19,40H,12-13,16H2,1-6H3;1H3;/q2*-1;. The number of amidine groups is 1. The number of ether oxygens (including phenoxy) is 1. The summed E-state index contributed by atoms with van der Waals surface area (Å²) in [5.74, 6) is -2.12. The summed E-state index contributed by atoms with van der Waals surface area (Å²) in [7, 11) is 1.52. The molecule has 0 aliphatic carbocycles. The van der Waals surface area contributed by atoms with Crippen LogP contribution in [-0.2, 0) is 9.53 Å². The number of carbonyl (C=O) groups is 2. The van der Waals surface area contributed by atoms with Gasteiger partial charge in [-0.1, -0.05) is 25.4 Å². The summed E-state index contributed by atoms with van der Waals surface area (Å²) in [4.78, 5) is 42.7. The van der Waals surface area contributed by atoms with E-state index >= 15 is 4.39 Å². The molecule has 233 valence electrons. The number of hydrogen-bond acceptors (Lipinski definition) is 7. The first kappa shape index (κ1) is 36.9. The van der Waals surface area contributed by atoms with Crippen LogP contribution < -0.4 is 4.90 Å². The second-order valence-electron chi connectivity index (χ2n) is 10.9. The molecule has 1 aromatic carbocycles. The van der Waals surface area contributed by atoms with Crippen LogP contribution in [0.15, 0.2) is 41.5 Å². The first-order valence-electron chi connectivity index (χ1n) is 13.3. The van der Waals surface area contributed by atoms with Gasteiger partial charge in [0.15, 0.2) is 5.82 Å². The van der Waals surface area contributed by atoms with Crippen molar-refractivity contribution < 1.29 is 69.5 Å². The maximum Gasteiger partial charge on any atom is 0.410 e. The molecule has 1 fully saturated rings. The minimum absolute atomic E-state index is 0. The van der Waals surface area contributed by atoms with Crippen LogP contribution in [-0.4, -0.2) is 81.5 Å². The van der Waals surface area contributed by atoms with Gasteiger partial charge >= 0.3 is 6.09 Å². The van der Waals surface area contributed by atoms with E-state index in [0.717, 1.165) is 17.0 Å². The fourth-order valence-electron chi connectivity index (χ4n) is 4.79. The van der Waals surface area contributed by atoms with Crippen molar-refractivity contribution in [3.63, 3.8) is 0 Å². The Bertz CT molecular complexity index is 1510. The average molecular weight is 736 g/mol. The molecule has 0 saturated carbocycles. The van der Waals surface area contributed by atoms with Gasteiger partial charge in [-0.2, -0.15) is 6.07 Å². The van der Waals surface area contributed by atoms with Gasteiger partial charge in [0, 0.05) is 74.0 Å². The van der Waals surface area contributed by atoms with Crippen LogP contribution in [0.2, 0.25) is 0 Å². The summed E-state index contributed by atoms with van der Waals surface area (Å²) in [6, 6.07) is 6.07. The first-order valence-corrected chi connectivity index (χ1v) is 13.3. The van der Waals surface area contributed by atoms with E-state index in [1.165, 1.54) is 25.4 Å². The molecule has 0 spiro atoms. The Hall–Kier alpha value is -3.25. The zero-order valence-corrected chi connectivity index (χ0v) is 29.6. The predicted octanol–water partition coefficient (Wildman–Crippen LogP) is 5.30. The van der Waals surface area contributed by atoms with Crippen LogP contribution in [0, 0.1) is 73.5 Å². The molecule has 1 saturated heterocycles. The molecule has 1 radical (unpaired) electrons. The van der Waals surface area contributed by atoms with Crippen molar-refractivity contribution in [3.8, 4) is 17.0 Å². The number of carbonyl (C=O) groups excluding carboxylic acids is 2. The summed E-state index contributed by atoms with van der Waals surface area (Å²) in [6.07, 6.45) is 4.31. The van der Waals surface area contributed by atoms with E-state index in [-0.39, 0.29) is 71.8 Å². The molecule has 4 rings (SSSR count). The fraction of sp³-hybridized carbons (Fsp3) is 0.355. The molecule has 1 atom stereocenters. The number of aryl methyl sites for hydroxylation is 1. The quantitative estimate of drug-likeness (QED) is 0.164. The summed E-state index contributed by atoms with van der Waals surface area (Å²) >= 11 is 0. The Kier molecular flexibility index (Phi) is 12.7. The number of hydrogen-bond donors (Lipinski definition) is 1. The van der Waals surface area contributed by atoms with Crippen LogP contribution in [0.4, 0.5) is 25.1 Å². The van der Waals surface area contributed by atoms with Crippen molar-refractivity contribution in [2.45, 2.75) is 46.3 Å². The first-order chi connectivity index (χ1) is 19.9. The predicted molar refractivity (Wildman–Crippen MR) is 160 cm³/mol. The van der Waals surface area contributed by atoms with Crippen LogP contribution in [0.3, 0.4) is 0 Å². The number of benzene rings is 1. The van der Waals surface area contributed by atoms with Gasteiger partial charge in [-0.15, -0.1) is 5.56 Å². The molecule has 1 aliphatic heterocycles. The van der Waals surface area contributed by atoms with Gasteiger partial charge in [0.2, 0.25) is 6.41 Å². The van der Waals surface area contributed by atoms with Crippen molar-refractivity contribution in [1.82, 2.24) is 19.8 Å². The molecular weight excluding hydrogens is 699 g/mol. The molecule has 1 aliphatic rings. The van der Waals surface area contributed by atoms with Crippen LogP contribution in [0.25, 0.3) is 11.3 Å². The van der Waals surface area contributed by atoms with Gasteiger partial charge in [0.1, 0.15) is 34.5 Å². The number of nitrogens with zero attached hydrogens (tertiary/aromatic N) is 6. The number of piperazine rings is 1. The Morgan fingerprint density at radius 2 is 1.93 bits per heavy atom. The molecule has 2 amide bonds. The molecule has 0 bridgehead atoms. The molecule has 1 N–H and O–H groups in total. The Labute approximate surface area is 290 Å². The van der Waals surface area contributed by atoms with Crippen molar-refractivity contribution >= 4 is 29.8 Å². The van der Waals surface area contributed by atoms with Crippen molar-refractivity contribution in [1.29, 1.82) is 0 Å². The number of amides is 2. The topological polar surface area (TPSA) is 111 Å². The largest absolute Gasteiger partial charge is 0.507 e. The number of aliphatic imine (C=N–C) groups is 1. The molecule has 3 heterocycles. The minimum Gasteiger partial charge on any atom is -0.507 e. The van der Waals surface area contributed by atoms with E-state index in [1.807, 2.05) is 11.8 Å². The van der Waals surface area contributed by atoms with Crippen LogP contribution in [0.5, 0.6) is 5.75 Å². The van der Waals surface area contributed by atoms with E-state index in [4.69, 9.17) is 4.74 Å². The molecular formula is C31H36F2N6O4Pr-2. The van der Waals surface area contributed by atoms with E-state index in [0.29, 0.717) is 37.4 Å². The summed E-state index contributed by atoms with van der Waals surface area (Å²) in [5.41, 5.74) is -0.588. The zero-order chi connectivity index (χ0) is 30.8. The van der Waals surface area contributed by atoms with Gasteiger partial charge in [-0.25, -0.2) is 18.6 Å². The van der Waals surface area contributed by atoms with E-state index in [1.54, 1.807) is 38.7 Å². The van der Waals surface area contributed by atoms with Gasteiger partial charge in [0.25, 0.3) is 0 Å². The van der Waals surface area contributed by atoms with Gasteiger partial charge in [0.05, 0.1) is 11.1 Å². The Morgan fingerprint density at radius 3 is 2.50 bits per heavy atom. The number of rotatable bonds is 5. The third-order valence-electron chi connectivity index (χ3n) is 6.71. The number of anilines is 2. The van der Waals surface area contributed by atoms with Gasteiger partial charge in [-0.3, -0.25) is 14.7 Å². The third-order valence-corrected chi connectivity index (χ3v) is 6.71. The minimum atomic E-state index is -0.937. The fourth-order valence-corrected chi connectivity index (χ4v) is 4.79.